The molecule has 0 fully saturated rings. The molecule has 4 nitrogen and oxygen atoms in total. The Bertz CT molecular complexity index is 1290. The molecule has 2 aromatic carbocycles. The van der Waals surface area contributed by atoms with Crippen molar-refractivity contribution >= 4 is 28.8 Å². The topological polar surface area (TPSA) is 62.9 Å². The molecular weight excluding hydrogens is 387 g/mol. The number of ketones is 1. The highest BCUT2D eigenvalue weighted by atomic mass is 32.1. The van der Waals surface area contributed by atoms with Crippen molar-refractivity contribution in [3.63, 3.8) is 0 Å². The second-order valence-corrected chi connectivity index (χ2v) is 8.51. The number of para-hydroxylation sites is 1. The first kappa shape index (κ1) is 20.4. The largest absolute Gasteiger partial charge is 0.293 e. The van der Waals surface area contributed by atoms with Gasteiger partial charge in [-0.2, -0.15) is 5.26 Å². The van der Waals surface area contributed by atoms with Crippen LogP contribution in [-0.4, -0.2) is 10.4 Å². The highest BCUT2D eigenvalue weighted by Crippen LogP contribution is 2.20. The van der Waals surface area contributed by atoms with E-state index in [-0.39, 0.29) is 26.1 Å². The van der Waals surface area contributed by atoms with Gasteiger partial charge in [-0.3, -0.25) is 14.2 Å². The molecule has 0 aliphatic carbocycles. The van der Waals surface area contributed by atoms with E-state index < -0.39 is 16.8 Å². The number of benzene rings is 2. The lowest BCUT2D eigenvalue weighted by atomic mass is 9.87. The number of nitrogens with zero attached hydrogens (tertiary/aromatic N) is 2. The van der Waals surface area contributed by atoms with Crippen LogP contribution in [0.5, 0.6) is 0 Å². The van der Waals surface area contributed by atoms with Gasteiger partial charge < -0.3 is 0 Å². The van der Waals surface area contributed by atoms with Crippen molar-refractivity contribution in [2.24, 2.45) is 5.41 Å². The van der Waals surface area contributed by atoms with E-state index in [0.717, 1.165) is 11.3 Å². The van der Waals surface area contributed by atoms with Crippen molar-refractivity contribution in [2.45, 2.75) is 20.8 Å². The summed E-state index contributed by atoms with van der Waals surface area (Å²) in [4.78, 5) is 26.1. The van der Waals surface area contributed by atoms with Crippen LogP contribution >= 0.6 is 11.3 Å². The fourth-order valence-corrected chi connectivity index (χ4v) is 3.86. The standard InChI is InChI=1S/C23H19FN2O2S/c1-23(2,3)20(27)17(14-25)22-26(16-10-5-4-6-11-16)21(28)19(29-22)13-15-9-7-8-12-18(15)24/h4-13H,1-3H3/b19-13-,22-17-. The van der Waals surface area contributed by atoms with Gasteiger partial charge in [0.05, 0.1) is 10.2 Å². The van der Waals surface area contributed by atoms with Crippen LogP contribution in [0.4, 0.5) is 4.39 Å². The summed E-state index contributed by atoms with van der Waals surface area (Å²) >= 11 is 1.01. The molecule has 0 saturated carbocycles. The number of Topliss-reactive ketones (excluding diaryl/α,β-unsaturated/α-hetero) is 1. The number of thiazole rings is 1. The fraction of sp³-hybridized carbons (Fsp3) is 0.174. The average molecular weight is 406 g/mol. The van der Waals surface area contributed by atoms with Gasteiger partial charge in [-0.25, -0.2) is 4.39 Å². The number of nitriles is 1. The summed E-state index contributed by atoms with van der Waals surface area (Å²) in [5.74, 6) is -0.813. The van der Waals surface area contributed by atoms with Gasteiger partial charge in [-0.05, 0) is 24.3 Å². The van der Waals surface area contributed by atoms with E-state index in [9.17, 15) is 19.2 Å². The van der Waals surface area contributed by atoms with Gasteiger partial charge in [-0.1, -0.05) is 57.2 Å². The third-order valence-corrected chi connectivity index (χ3v) is 5.36. The van der Waals surface area contributed by atoms with Gasteiger partial charge in [-0.15, -0.1) is 11.3 Å². The van der Waals surface area contributed by atoms with E-state index in [4.69, 9.17) is 0 Å². The van der Waals surface area contributed by atoms with Gasteiger partial charge in [0.25, 0.3) is 5.56 Å². The predicted molar refractivity (Wildman–Crippen MR) is 113 cm³/mol. The Labute approximate surface area is 171 Å². The molecule has 0 radical (unpaired) electrons. The van der Waals surface area contributed by atoms with Crippen molar-refractivity contribution in [3.8, 4) is 11.8 Å². The Hall–Kier alpha value is -3.30. The van der Waals surface area contributed by atoms with Crippen LogP contribution in [0.15, 0.2) is 59.4 Å². The number of carbonyl (C=O) groups excluding carboxylic acids is 1. The average Bonchev–Trinajstić information content (AvgIpc) is 3.00. The number of carbonyl (C=O) groups is 1. The van der Waals surface area contributed by atoms with Gasteiger partial charge in [0.2, 0.25) is 0 Å². The van der Waals surface area contributed by atoms with Crippen LogP contribution < -0.4 is 14.8 Å². The highest BCUT2D eigenvalue weighted by Gasteiger charge is 2.27. The Kier molecular flexibility index (Phi) is 5.62. The summed E-state index contributed by atoms with van der Waals surface area (Å²) in [5.41, 5.74) is -0.489. The first-order valence-electron chi connectivity index (χ1n) is 8.97. The summed E-state index contributed by atoms with van der Waals surface area (Å²) in [6, 6.07) is 16.9. The van der Waals surface area contributed by atoms with Crippen molar-refractivity contribution in [1.29, 1.82) is 5.26 Å². The van der Waals surface area contributed by atoms with Crippen molar-refractivity contribution in [3.05, 3.63) is 85.5 Å². The molecule has 0 amide bonds. The second kappa shape index (κ2) is 7.98. The van der Waals surface area contributed by atoms with Crippen LogP contribution in [-0.2, 0) is 4.79 Å². The Morgan fingerprint density at radius 1 is 1.10 bits per heavy atom. The van der Waals surface area contributed by atoms with E-state index >= 15 is 0 Å². The smallest absolute Gasteiger partial charge is 0.273 e. The fourth-order valence-electron chi connectivity index (χ4n) is 2.77. The molecule has 0 saturated heterocycles. The van der Waals surface area contributed by atoms with Crippen molar-refractivity contribution in [2.75, 3.05) is 0 Å². The van der Waals surface area contributed by atoms with Gasteiger partial charge in [0.15, 0.2) is 5.78 Å². The van der Waals surface area contributed by atoms with E-state index in [0.29, 0.717) is 5.69 Å². The maximum absolute atomic E-state index is 14.1. The van der Waals surface area contributed by atoms with Gasteiger partial charge in [0, 0.05) is 11.0 Å². The molecule has 29 heavy (non-hydrogen) atoms. The van der Waals surface area contributed by atoms with Crippen LogP contribution in [0.25, 0.3) is 17.3 Å². The van der Waals surface area contributed by atoms with Crippen LogP contribution in [0.3, 0.4) is 0 Å². The van der Waals surface area contributed by atoms with Crippen LogP contribution in [0.1, 0.15) is 26.3 Å². The quantitative estimate of drug-likeness (QED) is 0.671. The molecule has 0 atom stereocenters. The third-order valence-electron chi connectivity index (χ3n) is 4.26. The summed E-state index contributed by atoms with van der Waals surface area (Å²) in [5, 5.41) is 9.73. The molecular formula is C23H19FN2O2S. The van der Waals surface area contributed by atoms with Gasteiger partial charge >= 0.3 is 0 Å². The minimum atomic E-state index is -0.790. The molecule has 3 aromatic rings. The van der Waals surface area contributed by atoms with Crippen molar-refractivity contribution in [1.82, 2.24) is 4.57 Å². The molecule has 1 heterocycles. The molecule has 0 bridgehead atoms. The number of rotatable bonds is 3. The summed E-state index contributed by atoms with van der Waals surface area (Å²) in [7, 11) is 0. The number of hydrogen-bond donors (Lipinski definition) is 0. The lowest BCUT2D eigenvalue weighted by molar-refractivity contribution is -0.120. The second-order valence-electron chi connectivity index (χ2n) is 7.48. The summed E-state index contributed by atoms with van der Waals surface area (Å²) < 4.78 is 15.9. The zero-order chi connectivity index (χ0) is 21.2. The highest BCUT2D eigenvalue weighted by molar-refractivity contribution is 7.07. The van der Waals surface area contributed by atoms with Crippen LogP contribution in [0.2, 0.25) is 0 Å². The molecule has 1 aromatic heterocycles. The number of hydrogen-bond acceptors (Lipinski definition) is 4. The minimum Gasteiger partial charge on any atom is -0.293 e. The van der Waals surface area contributed by atoms with E-state index in [1.165, 1.54) is 16.7 Å². The number of aromatic nitrogens is 1. The normalized spacial score (nSPS) is 13.1. The Morgan fingerprint density at radius 2 is 1.72 bits per heavy atom. The third kappa shape index (κ3) is 4.10. The van der Waals surface area contributed by atoms with E-state index in [1.807, 2.05) is 12.1 Å². The molecule has 3 rings (SSSR count). The first-order valence-corrected chi connectivity index (χ1v) is 9.78. The molecule has 0 aliphatic rings. The van der Waals surface area contributed by atoms with Crippen LogP contribution in [0, 0.1) is 22.6 Å². The monoisotopic (exact) mass is 406 g/mol. The van der Waals surface area contributed by atoms with E-state index in [1.54, 1.807) is 63.2 Å². The summed E-state index contributed by atoms with van der Waals surface area (Å²) in [6.45, 7) is 5.16. The van der Waals surface area contributed by atoms with Gasteiger partial charge in [0.1, 0.15) is 22.1 Å². The SMILES string of the molecule is CC(C)(C)C(=O)/C(C#N)=c1\s/c(=C\c2ccccc2F)c(=O)n1-c1ccccc1. The molecule has 0 N–H and O–H groups in total. The zero-order valence-electron chi connectivity index (χ0n) is 16.3. The van der Waals surface area contributed by atoms with E-state index in [2.05, 4.69) is 0 Å². The molecule has 0 unspecified atom stereocenters. The lowest BCUT2D eigenvalue weighted by Gasteiger charge is -2.15. The Morgan fingerprint density at radius 3 is 2.31 bits per heavy atom. The Balaban J connectivity index is 2.45. The zero-order valence-corrected chi connectivity index (χ0v) is 17.1. The minimum absolute atomic E-state index is 0.0864. The maximum Gasteiger partial charge on any atom is 0.273 e. The molecule has 0 aliphatic heterocycles. The molecule has 0 spiro atoms. The molecule has 146 valence electrons. The first-order chi connectivity index (χ1) is 13.7. The van der Waals surface area contributed by atoms with Crippen molar-refractivity contribution < 1.29 is 9.18 Å². The number of halogens is 1. The predicted octanol–water partition coefficient (Wildman–Crippen LogP) is 3.16. The summed E-state index contributed by atoms with van der Waals surface area (Å²) in [6.07, 6.45) is 1.45. The lowest BCUT2D eigenvalue weighted by Crippen LogP contribution is -2.33. The maximum atomic E-state index is 14.1. The molecule has 6 heteroatoms.